The van der Waals surface area contributed by atoms with E-state index in [4.69, 9.17) is 11.6 Å². The van der Waals surface area contributed by atoms with Gasteiger partial charge in [-0.3, -0.25) is 0 Å². The van der Waals surface area contributed by atoms with Gasteiger partial charge in [0.15, 0.2) is 5.15 Å². The van der Waals surface area contributed by atoms with Crippen molar-refractivity contribution >= 4 is 17.2 Å². The summed E-state index contributed by atoms with van der Waals surface area (Å²) in [4.78, 5) is 4.30. The van der Waals surface area contributed by atoms with Crippen LogP contribution in [-0.2, 0) is 6.54 Å². The molecule has 2 heterocycles. The van der Waals surface area contributed by atoms with Crippen molar-refractivity contribution in [3.05, 3.63) is 35.2 Å². The van der Waals surface area contributed by atoms with Crippen LogP contribution in [-0.4, -0.2) is 15.9 Å². The number of aromatic nitrogens is 2. The molecule has 0 aromatic carbocycles. The maximum atomic E-state index is 6.11. The van der Waals surface area contributed by atoms with Gasteiger partial charge in [-0.15, -0.1) is 0 Å². The first-order chi connectivity index (χ1) is 7.68. The molecule has 0 aliphatic heterocycles. The molecule has 0 spiro atoms. The molecule has 2 aromatic rings. The summed E-state index contributed by atoms with van der Waals surface area (Å²) in [6.45, 7) is 6.10. The Morgan fingerprint density at radius 1 is 1.44 bits per heavy atom. The van der Waals surface area contributed by atoms with Crippen LogP contribution in [0.1, 0.15) is 19.5 Å². The third-order valence-corrected chi connectivity index (χ3v) is 2.73. The molecule has 0 atom stereocenters. The summed E-state index contributed by atoms with van der Waals surface area (Å²) in [5, 5.41) is 3.96. The zero-order valence-corrected chi connectivity index (χ0v) is 10.3. The van der Waals surface area contributed by atoms with Gasteiger partial charge >= 0.3 is 0 Å². The lowest BCUT2D eigenvalue weighted by atomic mass is 10.2. The van der Waals surface area contributed by atoms with E-state index in [0.717, 1.165) is 24.4 Å². The first kappa shape index (κ1) is 11.4. The lowest BCUT2D eigenvalue weighted by molar-refractivity contribution is 0.547. The van der Waals surface area contributed by atoms with Crippen LogP contribution in [0.5, 0.6) is 0 Å². The minimum Gasteiger partial charge on any atom is -0.311 e. The molecule has 2 rings (SSSR count). The van der Waals surface area contributed by atoms with Crippen LogP contribution < -0.4 is 5.32 Å². The Morgan fingerprint density at radius 3 is 3.00 bits per heavy atom. The summed E-state index contributed by atoms with van der Waals surface area (Å²) in [5.74, 6) is 0.637. The first-order valence-corrected chi connectivity index (χ1v) is 5.88. The summed E-state index contributed by atoms with van der Waals surface area (Å²) in [5.41, 5.74) is 1.92. The normalized spacial score (nSPS) is 11.5. The predicted molar refractivity (Wildman–Crippen MR) is 66.7 cm³/mol. The summed E-state index contributed by atoms with van der Waals surface area (Å²) < 4.78 is 2.02. The van der Waals surface area contributed by atoms with Gasteiger partial charge in [-0.1, -0.05) is 31.5 Å². The Bertz CT molecular complexity index is 476. The van der Waals surface area contributed by atoms with Gasteiger partial charge in [0, 0.05) is 12.7 Å². The molecule has 0 aliphatic carbocycles. The van der Waals surface area contributed by atoms with Crippen LogP contribution in [0.25, 0.3) is 5.65 Å². The Kier molecular flexibility index (Phi) is 3.46. The molecule has 0 saturated heterocycles. The quantitative estimate of drug-likeness (QED) is 0.886. The zero-order valence-electron chi connectivity index (χ0n) is 9.57. The smallest absolute Gasteiger partial charge is 0.152 e. The highest BCUT2D eigenvalue weighted by molar-refractivity contribution is 6.30. The maximum absolute atomic E-state index is 6.11. The Hall–Kier alpha value is -1.06. The van der Waals surface area contributed by atoms with Gasteiger partial charge < -0.3 is 9.72 Å². The van der Waals surface area contributed by atoms with Crippen LogP contribution in [0.2, 0.25) is 5.15 Å². The van der Waals surface area contributed by atoms with Crippen molar-refractivity contribution in [1.29, 1.82) is 0 Å². The highest BCUT2D eigenvalue weighted by Gasteiger charge is 2.08. The second kappa shape index (κ2) is 4.85. The first-order valence-electron chi connectivity index (χ1n) is 5.50. The molecule has 16 heavy (non-hydrogen) atoms. The van der Waals surface area contributed by atoms with E-state index in [1.165, 1.54) is 0 Å². The lowest BCUT2D eigenvalue weighted by Crippen LogP contribution is -2.20. The van der Waals surface area contributed by atoms with Crippen LogP contribution >= 0.6 is 11.6 Å². The van der Waals surface area contributed by atoms with Crippen molar-refractivity contribution in [2.75, 3.05) is 6.54 Å². The maximum Gasteiger partial charge on any atom is 0.152 e. The van der Waals surface area contributed by atoms with Gasteiger partial charge in [0.05, 0.1) is 5.69 Å². The number of nitrogens with one attached hydrogen (secondary N) is 1. The van der Waals surface area contributed by atoms with E-state index in [9.17, 15) is 0 Å². The van der Waals surface area contributed by atoms with E-state index < -0.39 is 0 Å². The topological polar surface area (TPSA) is 29.3 Å². The molecule has 0 aliphatic rings. The number of imidazole rings is 1. The average molecular weight is 238 g/mol. The van der Waals surface area contributed by atoms with Gasteiger partial charge in [0.25, 0.3) is 0 Å². The molecule has 4 heteroatoms. The molecule has 0 saturated carbocycles. The lowest BCUT2D eigenvalue weighted by Gasteiger charge is -2.07. The van der Waals surface area contributed by atoms with Gasteiger partial charge in [-0.25, -0.2) is 4.98 Å². The van der Waals surface area contributed by atoms with Crippen molar-refractivity contribution < 1.29 is 0 Å². The van der Waals surface area contributed by atoms with Crippen molar-refractivity contribution in [1.82, 2.24) is 14.7 Å². The number of halogens is 1. The minimum absolute atomic E-state index is 0.586. The molecule has 86 valence electrons. The standard InChI is InChI=1S/C12H16ClN3/c1-9(2)7-14-8-10-12(13)15-11-5-3-4-6-16(10)11/h3-6,9,14H,7-8H2,1-2H3. The van der Waals surface area contributed by atoms with Crippen molar-refractivity contribution in [3.63, 3.8) is 0 Å². The fraction of sp³-hybridized carbons (Fsp3) is 0.417. The van der Waals surface area contributed by atoms with Gasteiger partial charge in [0.1, 0.15) is 5.65 Å². The highest BCUT2D eigenvalue weighted by Crippen LogP contribution is 2.17. The summed E-state index contributed by atoms with van der Waals surface area (Å²) in [7, 11) is 0. The van der Waals surface area contributed by atoms with Gasteiger partial charge in [0.2, 0.25) is 0 Å². The van der Waals surface area contributed by atoms with Crippen LogP contribution in [0, 0.1) is 5.92 Å². The number of nitrogens with zero attached hydrogens (tertiary/aromatic N) is 2. The number of hydrogen-bond acceptors (Lipinski definition) is 2. The fourth-order valence-corrected chi connectivity index (χ4v) is 1.90. The van der Waals surface area contributed by atoms with Gasteiger partial charge in [-0.05, 0) is 24.6 Å². The fourth-order valence-electron chi connectivity index (χ4n) is 1.66. The van der Waals surface area contributed by atoms with Crippen molar-refractivity contribution in [2.24, 2.45) is 5.92 Å². The van der Waals surface area contributed by atoms with E-state index >= 15 is 0 Å². The van der Waals surface area contributed by atoms with Crippen LogP contribution in [0.3, 0.4) is 0 Å². The van der Waals surface area contributed by atoms with Crippen molar-refractivity contribution in [3.8, 4) is 0 Å². The largest absolute Gasteiger partial charge is 0.311 e. The number of fused-ring (bicyclic) bond motifs is 1. The minimum atomic E-state index is 0.586. The van der Waals surface area contributed by atoms with E-state index in [1.54, 1.807) is 0 Å². The van der Waals surface area contributed by atoms with Crippen molar-refractivity contribution in [2.45, 2.75) is 20.4 Å². The Balaban J connectivity index is 2.19. The molecule has 1 N–H and O–H groups in total. The molecule has 0 fully saturated rings. The number of pyridine rings is 1. The SMILES string of the molecule is CC(C)CNCc1c(Cl)nc2ccccn12. The van der Waals surface area contributed by atoms with E-state index in [1.807, 2.05) is 28.8 Å². The summed E-state index contributed by atoms with van der Waals surface area (Å²) in [6.07, 6.45) is 1.99. The molecule has 0 bridgehead atoms. The predicted octanol–water partition coefficient (Wildman–Crippen LogP) is 2.73. The number of hydrogen-bond donors (Lipinski definition) is 1. The van der Waals surface area contributed by atoms with Gasteiger partial charge in [-0.2, -0.15) is 0 Å². The van der Waals surface area contributed by atoms with Crippen LogP contribution in [0.4, 0.5) is 0 Å². The molecule has 0 amide bonds. The highest BCUT2D eigenvalue weighted by atomic mass is 35.5. The Morgan fingerprint density at radius 2 is 2.25 bits per heavy atom. The molecule has 0 unspecified atom stereocenters. The Labute approximate surface area is 100 Å². The molecule has 2 aromatic heterocycles. The van der Waals surface area contributed by atoms with E-state index in [0.29, 0.717) is 11.1 Å². The third-order valence-electron chi connectivity index (χ3n) is 2.43. The van der Waals surface area contributed by atoms with E-state index in [2.05, 4.69) is 24.1 Å². The summed E-state index contributed by atoms with van der Waals surface area (Å²) >= 11 is 6.11. The second-order valence-corrected chi connectivity index (χ2v) is 4.66. The number of rotatable bonds is 4. The van der Waals surface area contributed by atoms with E-state index in [-0.39, 0.29) is 0 Å². The average Bonchev–Trinajstić information content (AvgIpc) is 2.55. The second-order valence-electron chi connectivity index (χ2n) is 4.30. The molecule has 3 nitrogen and oxygen atoms in total. The molecular weight excluding hydrogens is 222 g/mol. The zero-order chi connectivity index (χ0) is 11.5. The monoisotopic (exact) mass is 237 g/mol. The molecule has 0 radical (unpaired) electrons. The van der Waals surface area contributed by atoms with Crippen LogP contribution in [0.15, 0.2) is 24.4 Å². The third kappa shape index (κ3) is 2.36. The summed E-state index contributed by atoms with van der Waals surface area (Å²) in [6, 6.07) is 5.90. The molecular formula is C12H16ClN3.